The summed E-state index contributed by atoms with van der Waals surface area (Å²) in [6.45, 7) is 0.838. The highest BCUT2D eigenvalue weighted by Gasteiger charge is 2.40. The third kappa shape index (κ3) is 3.46. The molecule has 1 heterocycles. The van der Waals surface area contributed by atoms with Crippen LogP contribution in [0.1, 0.15) is 12.8 Å². The summed E-state index contributed by atoms with van der Waals surface area (Å²) >= 11 is 0. The lowest BCUT2D eigenvalue weighted by Crippen LogP contribution is -2.26. The SMILES string of the molecule is O=P(Oc1ccccc1)(Oc1ccccc1)[C@H]1CCCN1. The predicted molar refractivity (Wildman–Crippen MR) is 82.8 cm³/mol. The van der Waals surface area contributed by atoms with Crippen molar-refractivity contribution in [3.05, 3.63) is 60.7 Å². The number of hydrogen-bond donors (Lipinski definition) is 1. The van der Waals surface area contributed by atoms with Crippen molar-refractivity contribution >= 4 is 7.60 Å². The molecule has 1 atom stereocenters. The Bertz CT molecular complexity index is 566. The van der Waals surface area contributed by atoms with E-state index in [1.54, 1.807) is 24.3 Å². The molecule has 5 heteroatoms. The van der Waals surface area contributed by atoms with Gasteiger partial charge in [0.05, 0.1) is 0 Å². The first-order valence-electron chi connectivity index (χ1n) is 7.09. The number of para-hydroxylation sites is 2. The fraction of sp³-hybridized carbons (Fsp3) is 0.250. The van der Waals surface area contributed by atoms with Gasteiger partial charge < -0.3 is 14.4 Å². The van der Waals surface area contributed by atoms with Crippen LogP contribution in [-0.4, -0.2) is 12.3 Å². The summed E-state index contributed by atoms with van der Waals surface area (Å²) in [5.74, 6) is 0.855. The van der Waals surface area contributed by atoms with E-state index in [0.717, 1.165) is 19.4 Å². The maximum absolute atomic E-state index is 13.2. The lowest BCUT2D eigenvalue weighted by Gasteiger charge is -2.24. The Morgan fingerprint density at radius 3 is 1.86 bits per heavy atom. The Kier molecular flexibility index (Phi) is 4.28. The molecule has 0 amide bonds. The summed E-state index contributed by atoms with van der Waals surface area (Å²) in [4.78, 5) is 0. The fourth-order valence-electron chi connectivity index (χ4n) is 2.34. The Morgan fingerprint density at radius 1 is 0.905 bits per heavy atom. The Balaban J connectivity index is 1.85. The van der Waals surface area contributed by atoms with Gasteiger partial charge in [-0.1, -0.05) is 36.4 Å². The van der Waals surface area contributed by atoms with Crippen LogP contribution in [-0.2, 0) is 4.57 Å². The maximum Gasteiger partial charge on any atom is 0.447 e. The topological polar surface area (TPSA) is 47.6 Å². The predicted octanol–water partition coefficient (Wildman–Crippen LogP) is 4.05. The van der Waals surface area contributed by atoms with E-state index in [1.807, 2.05) is 36.4 Å². The number of benzene rings is 2. The third-order valence-corrected chi connectivity index (χ3v) is 5.50. The van der Waals surface area contributed by atoms with E-state index in [1.165, 1.54) is 0 Å². The van der Waals surface area contributed by atoms with Crippen molar-refractivity contribution in [2.45, 2.75) is 18.6 Å². The average Bonchev–Trinajstić information content (AvgIpc) is 3.04. The Hall–Kier alpha value is -1.77. The first kappa shape index (κ1) is 14.2. The van der Waals surface area contributed by atoms with Crippen molar-refractivity contribution in [2.75, 3.05) is 6.54 Å². The van der Waals surface area contributed by atoms with Crippen LogP contribution >= 0.6 is 7.60 Å². The fourth-order valence-corrected chi connectivity index (χ4v) is 4.31. The number of rotatable bonds is 5. The quantitative estimate of drug-likeness (QED) is 0.847. The summed E-state index contributed by atoms with van der Waals surface area (Å²) in [6.07, 6.45) is 1.77. The van der Waals surface area contributed by atoms with Crippen molar-refractivity contribution in [3.63, 3.8) is 0 Å². The molecule has 0 aromatic heterocycles. The minimum atomic E-state index is -3.32. The molecule has 2 aromatic rings. The summed E-state index contributed by atoms with van der Waals surface area (Å²) < 4.78 is 24.8. The highest BCUT2D eigenvalue weighted by Crippen LogP contribution is 2.54. The minimum Gasteiger partial charge on any atom is -0.415 e. The van der Waals surface area contributed by atoms with Crippen LogP contribution in [0.15, 0.2) is 60.7 Å². The van der Waals surface area contributed by atoms with E-state index in [9.17, 15) is 4.57 Å². The monoisotopic (exact) mass is 303 g/mol. The van der Waals surface area contributed by atoms with Crippen LogP contribution in [0.25, 0.3) is 0 Å². The highest BCUT2D eigenvalue weighted by molar-refractivity contribution is 7.55. The zero-order valence-electron chi connectivity index (χ0n) is 11.6. The second-order valence-electron chi connectivity index (χ2n) is 4.96. The molecule has 1 N–H and O–H groups in total. The zero-order chi connectivity index (χ0) is 14.5. The first-order valence-corrected chi connectivity index (χ1v) is 8.70. The van der Waals surface area contributed by atoms with Crippen molar-refractivity contribution in [1.29, 1.82) is 0 Å². The lowest BCUT2D eigenvalue weighted by atomic mass is 10.3. The molecule has 1 fully saturated rings. The van der Waals surface area contributed by atoms with Gasteiger partial charge in [-0.25, -0.2) is 4.57 Å². The Labute approximate surface area is 124 Å². The molecule has 1 saturated heterocycles. The maximum atomic E-state index is 13.2. The van der Waals surface area contributed by atoms with Gasteiger partial charge in [-0.05, 0) is 43.7 Å². The number of nitrogens with one attached hydrogen (secondary N) is 1. The van der Waals surface area contributed by atoms with E-state index < -0.39 is 7.60 Å². The van der Waals surface area contributed by atoms with Gasteiger partial charge in [-0.15, -0.1) is 0 Å². The molecule has 0 aliphatic carbocycles. The summed E-state index contributed by atoms with van der Waals surface area (Å²) in [7, 11) is -3.32. The van der Waals surface area contributed by atoms with Crippen LogP contribution in [0, 0.1) is 0 Å². The highest BCUT2D eigenvalue weighted by atomic mass is 31.2. The average molecular weight is 303 g/mol. The van der Waals surface area contributed by atoms with Crippen LogP contribution < -0.4 is 14.4 Å². The summed E-state index contributed by atoms with van der Waals surface area (Å²) in [5.41, 5.74) is 0. The van der Waals surface area contributed by atoms with Crippen LogP contribution in [0.5, 0.6) is 11.5 Å². The van der Waals surface area contributed by atoms with Gasteiger partial charge in [0.1, 0.15) is 17.3 Å². The van der Waals surface area contributed by atoms with Gasteiger partial charge in [0.25, 0.3) is 0 Å². The molecule has 21 heavy (non-hydrogen) atoms. The van der Waals surface area contributed by atoms with Gasteiger partial charge in [0, 0.05) is 0 Å². The molecule has 4 nitrogen and oxygen atoms in total. The molecule has 110 valence electrons. The molecule has 1 aliphatic rings. The van der Waals surface area contributed by atoms with E-state index in [-0.39, 0.29) is 5.78 Å². The largest absolute Gasteiger partial charge is 0.447 e. The van der Waals surface area contributed by atoms with Crippen molar-refractivity contribution in [2.24, 2.45) is 0 Å². The molecule has 0 radical (unpaired) electrons. The lowest BCUT2D eigenvalue weighted by molar-refractivity contribution is 0.366. The van der Waals surface area contributed by atoms with Crippen molar-refractivity contribution in [1.82, 2.24) is 5.32 Å². The van der Waals surface area contributed by atoms with E-state index >= 15 is 0 Å². The van der Waals surface area contributed by atoms with Crippen molar-refractivity contribution in [3.8, 4) is 11.5 Å². The molecular weight excluding hydrogens is 285 g/mol. The van der Waals surface area contributed by atoms with E-state index in [4.69, 9.17) is 9.05 Å². The molecule has 0 spiro atoms. The van der Waals surface area contributed by atoms with Gasteiger partial charge in [-0.3, -0.25) is 0 Å². The molecule has 2 aromatic carbocycles. The standard InChI is InChI=1S/C16H18NO3P/c18-21(16-12-7-13-17-16,19-14-8-3-1-4-9-14)20-15-10-5-2-6-11-15/h1-6,8-11,16-17H,7,12-13H2/t16-/m0/s1. The zero-order valence-corrected chi connectivity index (χ0v) is 12.5. The third-order valence-electron chi connectivity index (χ3n) is 3.37. The van der Waals surface area contributed by atoms with Crippen LogP contribution in [0.3, 0.4) is 0 Å². The van der Waals surface area contributed by atoms with Crippen LogP contribution in [0.2, 0.25) is 0 Å². The molecule has 3 rings (SSSR count). The first-order chi connectivity index (χ1) is 10.3. The van der Waals surface area contributed by atoms with E-state index in [2.05, 4.69) is 5.32 Å². The van der Waals surface area contributed by atoms with Crippen molar-refractivity contribution < 1.29 is 13.6 Å². The van der Waals surface area contributed by atoms with Gasteiger partial charge in [-0.2, -0.15) is 0 Å². The Morgan fingerprint density at radius 2 is 1.43 bits per heavy atom. The summed E-state index contributed by atoms with van der Waals surface area (Å²) in [5, 5.41) is 3.22. The second kappa shape index (κ2) is 6.33. The molecular formula is C16H18NO3P. The minimum absolute atomic E-state index is 0.266. The molecule has 1 aliphatic heterocycles. The second-order valence-corrected chi connectivity index (χ2v) is 7.03. The van der Waals surface area contributed by atoms with Gasteiger partial charge >= 0.3 is 7.60 Å². The summed E-state index contributed by atoms with van der Waals surface area (Å²) in [6, 6.07) is 18.3. The smallest absolute Gasteiger partial charge is 0.415 e. The number of hydrogen-bond acceptors (Lipinski definition) is 4. The molecule has 0 bridgehead atoms. The molecule has 0 unspecified atom stereocenters. The van der Waals surface area contributed by atoms with Gasteiger partial charge in [0.2, 0.25) is 0 Å². The van der Waals surface area contributed by atoms with E-state index in [0.29, 0.717) is 11.5 Å². The van der Waals surface area contributed by atoms with Gasteiger partial charge in [0.15, 0.2) is 0 Å². The normalized spacial score (nSPS) is 18.4. The van der Waals surface area contributed by atoms with Crippen LogP contribution in [0.4, 0.5) is 0 Å². The molecule has 0 saturated carbocycles.